The third kappa shape index (κ3) is 5.55. The Labute approximate surface area is 304 Å². The lowest BCUT2D eigenvalue weighted by atomic mass is 10.1. The summed E-state index contributed by atoms with van der Waals surface area (Å²) in [6.45, 7) is 4.35. The lowest BCUT2D eigenvalue weighted by Gasteiger charge is -2.09. The maximum Gasteiger partial charge on any atom is 0.0543 e. The minimum Gasteiger partial charge on any atom is -0.309 e. The van der Waals surface area contributed by atoms with Crippen LogP contribution < -0.4 is 0 Å². The Hall–Kier alpha value is -6.64. The highest BCUT2D eigenvalue weighted by Crippen LogP contribution is 2.35. The molecule has 0 saturated carbocycles. The number of aromatic nitrogens is 2. The van der Waals surface area contributed by atoms with Crippen LogP contribution in [0.1, 0.15) is 11.1 Å². The zero-order chi connectivity index (χ0) is 35.0. The van der Waals surface area contributed by atoms with Gasteiger partial charge in [-0.05, 0) is 96.3 Å². The molecule has 0 fully saturated rings. The van der Waals surface area contributed by atoms with Crippen molar-refractivity contribution in [3.05, 3.63) is 205 Å². The van der Waals surface area contributed by atoms with Gasteiger partial charge < -0.3 is 9.13 Å². The van der Waals surface area contributed by atoms with Crippen molar-refractivity contribution in [2.24, 2.45) is 0 Å². The number of rotatable bonds is 4. The summed E-state index contributed by atoms with van der Waals surface area (Å²) in [6, 6.07) is 69.3. The highest BCUT2D eigenvalue weighted by Gasteiger charge is 2.14. The van der Waals surface area contributed by atoms with Crippen LogP contribution in [0.5, 0.6) is 0 Å². The normalized spacial score (nSPS) is 11.3. The zero-order valence-corrected chi connectivity index (χ0v) is 29.4. The second-order valence-electron chi connectivity index (χ2n) is 13.5. The Balaban J connectivity index is 0.000000138. The molecule has 0 aliphatic heterocycles. The highest BCUT2D eigenvalue weighted by atomic mass is 15.0. The van der Waals surface area contributed by atoms with Crippen LogP contribution in [0, 0.1) is 13.8 Å². The minimum absolute atomic E-state index is 1.19. The summed E-state index contributed by atoms with van der Waals surface area (Å²) >= 11 is 0. The Morgan fingerprint density at radius 2 is 0.750 bits per heavy atom. The van der Waals surface area contributed by atoms with Gasteiger partial charge in [-0.1, -0.05) is 145 Å². The van der Waals surface area contributed by atoms with Crippen molar-refractivity contribution >= 4 is 43.6 Å². The van der Waals surface area contributed by atoms with E-state index < -0.39 is 0 Å². The van der Waals surface area contributed by atoms with Crippen molar-refractivity contribution in [1.82, 2.24) is 9.13 Å². The highest BCUT2D eigenvalue weighted by molar-refractivity contribution is 6.11. The fourth-order valence-electron chi connectivity index (χ4n) is 7.71. The van der Waals surface area contributed by atoms with Gasteiger partial charge in [0.15, 0.2) is 0 Å². The lowest BCUT2D eigenvalue weighted by Crippen LogP contribution is -1.93. The Bertz CT molecular complexity index is 2820. The molecule has 0 aliphatic rings. The molecule has 2 heteroatoms. The van der Waals surface area contributed by atoms with Crippen LogP contribution >= 0.6 is 0 Å². The first kappa shape index (κ1) is 31.3. The van der Waals surface area contributed by atoms with Crippen molar-refractivity contribution in [2.75, 3.05) is 0 Å². The largest absolute Gasteiger partial charge is 0.309 e. The Morgan fingerprint density at radius 3 is 1.35 bits per heavy atom. The lowest BCUT2D eigenvalue weighted by molar-refractivity contribution is 1.18. The first-order valence-corrected chi connectivity index (χ1v) is 17.9. The van der Waals surface area contributed by atoms with Crippen molar-refractivity contribution < 1.29 is 0 Å². The summed E-state index contributed by atoms with van der Waals surface area (Å²) in [5.74, 6) is 0. The number of nitrogens with zero attached hydrogens (tertiary/aromatic N) is 2. The fourth-order valence-corrected chi connectivity index (χ4v) is 7.71. The first-order chi connectivity index (χ1) is 25.6. The summed E-state index contributed by atoms with van der Waals surface area (Å²) in [5, 5.41) is 5.27. The van der Waals surface area contributed by atoms with Crippen LogP contribution in [-0.2, 0) is 0 Å². The molecule has 0 radical (unpaired) electrons. The molecular weight excluding hydrogens is 629 g/mol. The van der Waals surface area contributed by atoms with Gasteiger partial charge in [0.25, 0.3) is 0 Å². The van der Waals surface area contributed by atoms with Crippen molar-refractivity contribution in [1.29, 1.82) is 0 Å². The molecule has 0 N–H and O–H groups in total. The molecule has 2 nitrogen and oxygen atoms in total. The molecule has 52 heavy (non-hydrogen) atoms. The average Bonchev–Trinajstić information content (AvgIpc) is 3.72. The summed E-state index contributed by atoms with van der Waals surface area (Å²) in [4.78, 5) is 0. The van der Waals surface area contributed by atoms with Crippen molar-refractivity contribution in [3.8, 4) is 33.6 Å². The van der Waals surface area contributed by atoms with Gasteiger partial charge in [0.1, 0.15) is 0 Å². The van der Waals surface area contributed by atoms with E-state index in [1.807, 2.05) is 0 Å². The molecule has 2 aromatic heterocycles. The number of hydrogen-bond donors (Lipinski definition) is 0. The van der Waals surface area contributed by atoms with Crippen LogP contribution in [-0.4, -0.2) is 9.13 Å². The van der Waals surface area contributed by atoms with E-state index >= 15 is 0 Å². The monoisotopic (exact) mass is 666 g/mol. The number of aryl methyl sites for hydroxylation is 2. The number of para-hydroxylation sites is 2. The predicted molar refractivity (Wildman–Crippen MR) is 222 cm³/mol. The SMILES string of the molecule is Cc1ccc2c(c1)c1ccccc1n2-c1ccc(-c2ccccc2)cc1.Cc1cccc2c1c1ccccc1n2-c1ccc(-c2ccccc2)cc1. The molecule has 10 aromatic rings. The van der Waals surface area contributed by atoms with E-state index in [-0.39, 0.29) is 0 Å². The molecule has 0 aliphatic carbocycles. The van der Waals surface area contributed by atoms with Gasteiger partial charge in [-0.3, -0.25) is 0 Å². The molecule has 248 valence electrons. The quantitative estimate of drug-likeness (QED) is 0.177. The van der Waals surface area contributed by atoms with E-state index in [0.29, 0.717) is 0 Å². The molecule has 8 aromatic carbocycles. The molecule has 0 saturated heterocycles. The zero-order valence-electron chi connectivity index (χ0n) is 29.4. The van der Waals surface area contributed by atoms with E-state index in [2.05, 4.69) is 217 Å². The van der Waals surface area contributed by atoms with E-state index in [1.165, 1.54) is 88.4 Å². The second-order valence-corrected chi connectivity index (χ2v) is 13.5. The predicted octanol–water partition coefficient (Wildman–Crippen LogP) is 13.5. The third-order valence-electron chi connectivity index (χ3n) is 10.2. The van der Waals surface area contributed by atoms with E-state index in [4.69, 9.17) is 0 Å². The van der Waals surface area contributed by atoms with E-state index in [9.17, 15) is 0 Å². The summed E-state index contributed by atoms with van der Waals surface area (Å²) < 4.78 is 4.73. The maximum absolute atomic E-state index is 2.37. The third-order valence-corrected chi connectivity index (χ3v) is 10.2. The molecule has 0 unspecified atom stereocenters. The topological polar surface area (TPSA) is 9.86 Å². The molecule has 0 atom stereocenters. The number of benzene rings is 8. The first-order valence-electron chi connectivity index (χ1n) is 17.9. The van der Waals surface area contributed by atoms with Crippen LogP contribution in [0.4, 0.5) is 0 Å². The Morgan fingerprint density at radius 1 is 0.308 bits per heavy atom. The summed E-state index contributed by atoms with van der Waals surface area (Å²) in [6.07, 6.45) is 0. The van der Waals surface area contributed by atoms with Gasteiger partial charge in [-0.15, -0.1) is 0 Å². The fraction of sp³-hybridized carbons (Fsp3) is 0.0400. The van der Waals surface area contributed by atoms with Crippen molar-refractivity contribution in [3.63, 3.8) is 0 Å². The molecule has 0 amide bonds. The van der Waals surface area contributed by atoms with E-state index in [1.54, 1.807) is 0 Å². The maximum atomic E-state index is 2.37. The van der Waals surface area contributed by atoms with Crippen LogP contribution in [0.3, 0.4) is 0 Å². The molecule has 0 spiro atoms. The van der Waals surface area contributed by atoms with Gasteiger partial charge >= 0.3 is 0 Å². The number of hydrogen-bond acceptors (Lipinski definition) is 0. The summed E-state index contributed by atoms with van der Waals surface area (Å²) in [7, 11) is 0. The number of fused-ring (bicyclic) bond motifs is 6. The molecule has 10 rings (SSSR count). The Kier molecular flexibility index (Phi) is 7.98. The smallest absolute Gasteiger partial charge is 0.0543 e. The molecular formula is C50H38N2. The molecule has 2 heterocycles. The van der Waals surface area contributed by atoms with Crippen LogP contribution in [0.25, 0.3) is 77.2 Å². The standard InChI is InChI=1S/2C25H19N/c1-18-8-7-13-24-25(18)22-11-5-6-12-23(22)26(24)21-16-14-20(15-17-21)19-9-3-2-4-10-19;1-18-11-16-25-23(17-18)22-9-5-6-10-24(22)26(25)21-14-12-20(13-15-21)19-7-3-2-4-8-19/h2*2-17H,1H3. The van der Waals surface area contributed by atoms with Gasteiger partial charge in [0, 0.05) is 32.9 Å². The van der Waals surface area contributed by atoms with Crippen molar-refractivity contribution in [2.45, 2.75) is 13.8 Å². The average molecular weight is 667 g/mol. The summed E-state index contributed by atoms with van der Waals surface area (Å²) in [5.41, 5.74) is 15.0. The molecule has 0 bridgehead atoms. The van der Waals surface area contributed by atoms with Gasteiger partial charge in [0.05, 0.1) is 22.1 Å². The van der Waals surface area contributed by atoms with Gasteiger partial charge in [-0.25, -0.2) is 0 Å². The minimum atomic E-state index is 1.19. The van der Waals surface area contributed by atoms with Crippen LogP contribution in [0.2, 0.25) is 0 Å². The van der Waals surface area contributed by atoms with Crippen LogP contribution in [0.15, 0.2) is 194 Å². The van der Waals surface area contributed by atoms with Gasteiger partial charge in [-0.2, -0.15) is 0 Å². The second kappa shape index (κ2) is 13.2. The van der Waals surface area contributed by atoms with E-state index in [0.717, 1.165) is 0 Å². The van der Waals surface area contributed by atoms with Gasteiger partial charge in [0.2, 0.25) is 0 Å².